The molecule has 1 aromatic rings. The Balaban J connectivity index is 2.90. The molecule has 0 aromatic heterocycles. The molecule has 1 aromatic carbocycles. The van der Waals surface area contributed by atoms with Crippen molar-refractivity contribution in [1.82, 2.24) is 0 Å². The molecule has 0 atom stereocenters. The Kier molecular flexibility index (Phi) is 5.20. The van der Waals surface area contributed by atoms with E-state index in [4.69, 9.17) is 4.74 Å². The lowest BCUT2D eigenvalue weighted by Crippen LogP contribution is -2.17. The maximum absolute atomic E-state index is 12.1. The van der Waals surface area contributed by atoms with Crippen LogP contribution in [0, 0.1) is 5.92 Å². The summed E-state index contributed by atoms with van der Waals surface area (Å²) in [7, 11) is 0. The minimum atomic E-state index is -4.75. The average Bonchev–Trinajstić information content (AvgIpc) is 2.26. The fourth-order valence-electron chi connectivity index (χ4n) is 1.40. The minimum Gasteiger partial charge on any atom is -0.493 e. The number of benzene rings is 1. The second kappa shape index (κ2) is 6.45. The molecular weight excluding hydrogens is 261 g/mol. The molecular formula is C13H15F3O3. The van der Waals surface area contributed by atoms with E-state index in [0.717, 1.165) is 12.1 Å². The van der Waals surface area contributed by atoms with E-state index in [2.05, 4.69) is 4.74 Å². The average molecular weight is 276 g/mol. The van der Waals surface area contributed by atoms with Gasteiger partial charge in [-0.25, -0.2) is 0 Å². The van der Waals surface area contributed by atoms with Crippen molar-refractivity contribution in [3.8, 4) is 11.5 Å². The Morgan fingerprint density at radius 3 is 2.53 bits per heavy atom. The van der Waals surface area contributed by atoms with Crippen molar-refractivity contribution < 1.29 is 27.4 Å². The van der Waals surface area contributed by atoms with Crippen LogP contribution in [0.3, 0.4) is 0 Å². The summed E-state index contributed by atoms with van der Waals surface area (Å²) in [5, 5.41) is 0. The normalized spacial score (nSPS) is 11.5. The number of halogens is 3. The lowest BCUT2D eigenvalue weighted by atomic mass is 10.1. The molecule has 0 bridgehead atoms. The molecule has 0 saturated carbocycles. The van der Waals surface area contributed by atoms with Gasteiger partial charge in [0.1, 0.15) is 17.8 Å². The summed E-state index contributed by atoms with van der Waals surface area (Å²) in [6, 6.07) is 3.71. The molecule has 0 aliphatic carbocycles. The molecule has 0 fully saturated rings. The van der Waals surface area contributed by atoms with E-state index in [-0.39, 0.29) is 18.1 Å². The van der Waals surface area contributed by atoms with Crippen LogP contribution in [0.5, 0.6) is 11.5 Å². The standard InChI is InChI=1S/C13H15F3O3/c1-9(2)8-18-12-4-3-11(19-13(14,15)16)7-10(12)5-6-17/h3-4,6-7,9H,5,8H2,1-2H3. The molecule has 0 aliphatic rings. The number of carbonyl (C=O) groups excluding carboxylic acids is 1. The molecule has 19 heavy (non-hydrogen) atoms. The molecule has 0 heterocycles. The zero-order chi connectivity index (χ0) is 14.5. The molecule has 1 rings (SSSR count). The molecule has 0 N–H and O–H groups in total. The lowest BCUT2D eigenvalue weighted by molar-refractivity contribution is -0.274. The predicted molar refractivity (Wildman–Crippen MR) is 63.2 cm³/mol. The number of aldehydes is 1. The smallest absolute Gasteiger partial charge is 0.493 e. The largest absolute Gasteiger partial charge is 0.573 e. The van der Waals surface area contributed by atoms with Gasteiger partial charge in [0.05, 0.1) is 6.61 Å². The maximum Gasteiger partial charge on any atom is 0.573 e. The highest BCUT2D eigenvalue weighted by Gasteiger charge is 2.31. The van der Waals surface area contributed by atoms with E-state index >= 15 is 0 Å². The molecule has 0 unspecified atom stereocenters. The van der Waals surface area contributed by atoms with Crippen LogP contribution in [0.25, 0.3) is 0 Å². The summed E-state index contributed by atoms with van der Waals surface area (Å²) in [6.45, 7) is 4.31. The third kappa shape index (κ3) is 5.63. The fraction of sp³-hybridized carbons (Fsp3) is 0.462. The zero-order valence-corrected chi connectivity index (χ0v) is 10.7. The predicted octanol–water partition coefficient (Wildman–Crippen LogP) is 3.36. The minimum absolute atomic E-state index is 0.0253. The van der Waals surface area contributed by atoms with Crippen LogP contribution in [-0.2, 0) is 11.2 Å². The van der Waals surface area contributed by atoms with Crippen LogP contribution in [0.2, 0.25) is 0 Å². The van der Waals surface area contributed by atoms with Crippen LogP contribution in [0.15, 0.2) is 18.2 Å². The highest BCUT2D eigenvalue weighted by Crippen LogP contribution is 2.28. The molecule has 0 amide bonds. The van der Waals surface area contributed by atoms with Crippen molar-refractivity contribution in [1.29, 1.82) is 0 Å². The van der Waals surface area contributed by atoms with E-state index in [0.29, 0.717) is 24.2 Å². The molecule has 3 nitrogen and oxygen atoms in total. The maximum atomic E-state index is 12.1. The molecule has 106 valence electrons. The van der Waals surface area contributed by atoms with Gasteiger partial charge in [-0.15, -0.1) is 13.2 Å². The Labute approximate surface area is 109 Å². The first-order valence-corrected chi connectivity index (χ1v) is 5.77. The summed E-state index contributed by atoms with van der Waals surface area (Å²) in [6.07, 6.45) is -4.17. The second-order valence-electron chi connectivity index (χ2n) is 4.39. The van der Waals surface area contributed by atoms with Crippen molar-refractivity contribution in [3.63, 3.8) is 0 Å². The summed E-state index contributed by atoms with van der Waals surface area (Å²) >= 11 is 0. The Morgan fingerprint density at radius 1 is 1.32 bits per heavy atom. The summed E-state index contributed by atoms with van der Waals surface area (Å²) in [4.78, 5) is 10.5. The zero-order valence-electron chi connectivity index (χ0n) is 10.7. The van der Waals surface area contributed by atoms with Gasteiger partial charge in [-0.1, -0.05) is 13.8 Å². The Morgan fingerprint density at radius 2 is 2.00 bits per heavy atom. The molecule has 0 saturated heterocycles. The molecule has 0 radical (unpaired) electrons. The van der Waals surface area contributed by atoms with E-state index in [1.807, 2.05) is 13.8 Å². The first-order chi connectivity index (χ1) is 8.81. The van der Waals surface area contributed by atoms with E-state index < -0.39 is 6.36 Å². The van der Waals surface area contributed by atoms with Gasteiger partial charge in [0.25, 0.3) is 0 Å². The van der Waals surface area contributed by atoms with Gasteiger partial charge in [-0.05, 0) is 24.1 Å². The Bertz CT molecular complexity index is 428. The molecule has 0 aliphatic heterocycles. The van der Waals surface area contributed by atoms with Gasteiger partial charge in [-0.3, -0.25) is 0 Å². The quantitative estimate of drug-likeness (QED) is 0.747. The van der Waals surface area contributed by atoms with Gasteiger partial charge in [0, 0.05) is 12.0 Å². The van der Waals surface area contributed by atoms with Crippen LogP contribution < -0.4 is 9.47 Å². The third-order valence-corrected chi connectivity index (χ3v) is 2.14. The topological polar surface area (TPSA) is 35.5 Å². The van der Waals surface area contributed by atoms with E-state index in [1.165, 1.54) is 6.07 Å². The van der Waals surface area contributed by atoms with Crippen LogP contribution in [0.4, 0.5) is 13.2 Å². The summed E-state index contributed by atoms with van der Waals surface area (Å²) in [5.74, 6) is 0.312. The van der Waals surface area contributed by atoms with Gasteiger partial charge >= 0.3 is 6.36 Å². The number of ether oxygens (including phenoxy) is 2. The van der Waals surface area contributed by atoms with Gasteiger partial charge in [0.2, 0.25) is 0 Å². The van der Waals surface area contributed by atoms with Gasteiger partial charge in [-0.2, -0.15) is 0 Å². The van der Waals surface area contributed by atoms with Gasteiger partial charge < -0.3 is 14.3 Å². The number of hydrogen-bond donors (Lipinski definition) is 0. The van der Waals surface area contributed by atoms with Crippen molar-refractivity contribution in [2.24, 2.45) is 5.92 Å². The lowest BCUT2D eigenvalue weighted by Gasteiger charge is -2.14. The molecule has 6 heteroatoms. The first kappa shape index (κ1) is 15.3. The number of carbonyl (C=O) groups is 1. The monoisotopic (exact) mass is 276 g/mol. The molecule has 0 spiro atoms. The van der Waals surface area contributed by atoms with Crippen molar-refractivity contribution >= 4 is 6.29 Å². The highest BCUT2D eigenvalue weighted by molar-refractivity contribution is 5.58. The van der Waals surface area contributed by atoms with Crippen molar-refractivity contribution in [2.75, 3.05) is 6.61 Å². The van der Waals surface area contributed by atoms with Crippen molar-refractivity contribution in [3.05, 3.63) is 23.8 Å². The number of alkyl halides is 3. The summed E-state index contributed by atoms with van der Waals surface area (Å²) < 4.78 is 45.5. The van der Waals surface area contributed by atoms with Crippen LogP contribution >= 0.6 is 0 Å². The third-order valence-electron chi connectivity index (χ3n) is 2.14. The van der Waals surface area contributed by atoms with Gasteiger partial charge in [0.15, 0.2) is 0 Å². The van der Waals surface area contributed by atoms with Crippen LogP contribution in [-0.4, -0.2) is 19.3 Å². The number of hydrogen-bond acceptors (Lipinski definition) is 3. The van der Waals surface area contributed by atoms with E-state index in [1.54, 1.807) is 0 Å². The van der Waals surface area contributed by atoms with E-state index in [9.17, 15) is 18.0 Å². The van der Waals surface area contributed by atoms with Crippen molar-refractivity contribution in [2.45, 2.75) is 26.6 Å². The first-order valence-electron chi connectivity index (χ1n) is 5.77. The number of rotatable bonds is 6. The van der Waals surface area contributed by atoms with Crippen LogP contribution in [0.1, 0.15) is 19.4 Å². The fourth-order valence-corrected chi connectivity index (χ4v) is 1.40. The summed E-state index contributed by atoms with van der Waals surface area (Å²) in [5.41, 5.74) is 0.373. The highest BCUT2D eigenvalue weighted by atomic mass is 19.4. The second-order valence-corrected chi connectivity index (χ2v) is 4.39. The Hall–Kier alpha value is -1.72. The SMILES string of the molecule is CC(C)COc1ccc(OC(F)(F)F)cc1CC=O.